The number of carbonyl (C=O) groups excluding carboxylic acids is 10. The van der Waals surface area contributed by atoms with Gasteiger partial charge in [-0.05, 0) is 148 Å². The Morgan fingerprint density at radius 1 is 0.740 bits per heavy atom. The summed E-state index contributed by atoms with van der Waals surface area (Å²) >= 11 is 1.46. The number of carbonyl (C=O) groups is 10. The smallest absolute Gasteiger partial charge is 0.415 e. The van der Waals surface area contributed by atoms with Crippen molar-refractivity contribution < 1.29 is 62.2 Å². The van der Waals surface area contributed by atoms with E-state index in [-0.39, 0.29) is 81.6 Å². The zero-order valence-corrected chi connectivity index (χ0v) is 55.3. The molecule has 96 heavy (non-hydrogen) atoms. The van der Waals surface area contributed by atoms with Crippen LogP contribution in [-0.2, 0) is 41.7 Å². The quantitative estimate of drug-likeness (QED) is 0.0162. The number of amides is 11. The van der Waals surface area contributed by atoms with E-state index in [9.17, 15) is 47.9 Å². The number of primary amides is 1. The predicted octanol–water partition coefficient (Wildman–Crippen LogP) is 8.30. The van der Waals surface area contributed by atoms with E-state index in [2.05, 4.69) is 41.5 Å². The van der Waals surface area contributed by atoms with Crippen LogP contribution < -0.4 is 46.7 Å². The molecule has 27 heteroatoms. The Morgan fingerprint density at radius 2 is 1.43 bits per heavy atom. The fourth-order valence-corrected chi connectivity index (χ4v) is 13.3. The van der Waals surface area contributed by atoms with Crippen molar-refractivity contribution in [3.63, 3.8) is 0 Å². The molecule has 0 bridgehead atoms. The molecule has 1 saturated heterocycles. The first kappa shape index (κ1) is 68.6. The average Bonchev–Trinajstić information content (AvgIpc) is 1.58. The third kappa shape index (κ3) is 17.5. The fraction of sp³-hybridized carbons (Fsp3) is 0.391. The molecule has 3 aliphatic heterocycles. The van der Waals surface area contributed by atoms with Crippen LogP contribution in [0.25, 0.3) is 31.9 Å². The molecule has 1 atom stereocenters. The number of ether oxygens (including phenoxy) is 3. The minimum absolute atomic E-state index is 0.103. The number of nitrogens with one attached hydrogen (secondary N) is 7. The summed E-state index contributed by atoms with van der Waals surface area (Å²) < 4.78 is 18.6. The van der Waals surface area contributed by atoms with Gasteiger partial charge in [0.15, 0.2) is 5.75 Å². The molecule has 26 nitrogen and oxygen atoms in total. The minimum atomic E-state index is -1.05. The summed E-state index contributed by atoms with van der Waals surface area (Å²) in [4.78, 5) is 144. The molecule has 11 amide bonds. The Bertz CT molecular complexity index is 4110. The number of thiophene rings is 1. The van der Waals surface area contributed by atoms with Crippen molar-refractivity contribution >= 4 is 120 Å². The maximum atomic E-state index is 14.5. The SMILES string of the molecule is Cc1csc2c(OC(=O)N(C)CC(C)(C)CN(C)C(=O)OCc3ccc(NC(=O)[C@H](CCCNC(N)=O)NC(=O)CNC(=O)CCCCCN4C(=O)C=CC4=O)cc3)cc3c(c12)CCN3C(=O)c1cc2cc(NC(=O)c3cc4cc(OCCN5CCCC5)ccc4[nH]3)ccc2[nH]1. The molecule has 7 aromatic rings. The Balaban J connectivity index is 0.680. The number of aromatic amines is 2. The molecule has 9 N–H and O–H groups in total. The Kier molecular flexibility index (Phi) is 22.0. The van der Waals surface area contributed by atoms with E-state index < -0.39 is 48.0 Å². The van der Waals surface area contributed by atoms with E-state index >= 15 is 0 Å². The third-order valence-electron chi connectivity index (χ3n) is 17.0. The van der Waals surface area contributed by atoms with E-state index in [0.717, 1.165) is 67.8 Å². The lowest BCUT2D eigenvalue weighted by Gasteiger charge is -2.33. The molecule has 4 aromatic carbocycles. The number of aryl methyl sites for hydroxylation is 1. The monoisotopic (exact) mass is 1330 g/mol. The van der Waals surface area contributed by atoms with Crippen molar-refractivity contribution in [1.29, 1.82) is 0 Å². The number of hydrogen-bond donors (Lipinski definition) is 8. The maximum Gasteiger partial charge on any atom is 0.415 e. The van der Waals surface area contributed by atoms with Gasteiger partial charge in [0, 0.05) is 122 Å². The summed E-state index contributed by atoms with van der Waals surface area (Å²) in [5.74, 6) is -1.82. The molecule has 1 fully saturated rings. The zero-order chi connectivity index (χ0) is 68.2. The van der Waals surface area contributed by atoms with Crippen LogP contribution in [0.15, 0.2) is 96.4 Å². The van der Waals surface area contributed by atoms with E-state index in [1.54, 1.807) is 67.5 Å². The van der Waals surface area contributed by atoms with Gasteiger partial charge < -0.3 is 71.2 Å². The number of nitrogens with two attached hydrogens (primary N) is 1. The summed E-state index contributed by atoms with van der Waals surface area (Å²) in [5.41, 5.74) is 11.0. The normalized spacial score (nSPS) is 14.1. The third-order valence-corrected chi connectivity index (χ3v) is 18.1. The van der Waals surface area contributed by atoms with Gasteiger partial charge in [0.25, 0.3) is 23.6 Å². The second-order valence-corrected chi connectivity index (χ2v) is 26.1. The van der Waals surface area contributed by atoms with Crippen LogP contribution in [0.3, 0.4) is 0 Å². The number of imide groups is 1. The summed E-state index contributed by atoms with van der Waals surface area (Å²) in [7, 11) is 3.21. The van der Waals surface area contributed by atoms with E-state index in [1.807, 2.05) is 56.5 Å². The Morgan fingerprint density at radius 3 is 2.17 bits per heavy atom. The van der Waals surface area contributed by atoms with Gasteiger partial charge in [-0.25, -0.2) is 14.4 Å². The van der Waals surface area contributed by atoms with Gasteiger partial charge in [-0.15, -0.1) is 11.3 Å². The van der Waals surface area contributed by atoms with Crippen LogP contribution in [0.5, 0.6) is 11.5 Å². The fourth-order valence-electron chi connectivity index (χ4n) is 12.3. The van der Waals surface area contributed by atoms with E-state index in [0.29, 0.717) is 84.1 Å². The van der Waals surface area contributed by atoms with Gasteiger partial charge in [-0.3, -0.25) is 43.4 Å². The van der Waals surface area contributed by atoms with Gasteiger partial charge in [-0.1, -0.05) is 32.4 Å². The maximum absolute atomic E-state index is 14.5. The molecule has 0 saturated carbocycles. The predicted molar refractivity (Wildman–Crippen MR) is 364 cm³/mol. The van der Waals surface area contributed by atoms with E-state index in [1.165, 1.54) is 46.1 Å². The number of anilines is 3. The first-order valence-electron chi connectivity index (χ1n) is 32.2. The van der Waals surface area contributed by atoms with Crippen LogP contribution in [-0.4, -0.2) is 175 Å². The zero-order valence-electron chi connectivity index (χ0n) is 54.5. The molecule has 0 unspecified atom stereocenters. The first-order chi connectivity index (χ1) is 46.0. The lowest BCUT2D eigenvalue weighted by molar-refractivity contribution is -0.137. The van der Waals surface area contributed by atoms with Gasteiger partial charge in [0.05, 0.1) is 16.9 Å². The number of urea groups is 1. The lowest BCUT2D eigenvalue weighted by Crippen LogP contribution is -2.47. The summed E-state index contributed by atoms with van der Waals surface area (Å²) in [6.07, 6.45) is 6.31. The molecule has 6 heterocycles. The van der Waals surface area contributed by atoms with Gasteiger partial charge in [0.1, 0.15) is 36.4 Å². The Labute approximate surface area is 558 Å². The number of aromatic nitrogens is 2. The highest BCUT2D eigenvalue weighted by molar-refractivity contribution is 7.17. The molecule has 506 valence electrons. The van der Waals surface area contributed by atoms with Gasteiger partial charge in [-0.2, -0.15) is 0 Å². The van der Waals surface area contributed by atoms with E-state index in [4.69, 9.17) is 19.9 Å². The van der Waals surface area contributed by atoms with Crippen molar-refractivity contribution in [2.24, 2.45) is 11.1 Å². The average molecular weight is 1330 g/mol. The summed E-state index contributed by atoms with van der Waals surface area (Å²) in [6.45, 7) is 10.2. The lowest BCUT2D eigenvalue weighted by atomic mass is 9.92. The molecule has 0 aliphatic carbocycles. The number of H-pyrrole nitrogens is 2. The van der Waals surface area contributed by atoms with Crippen molar-refractivity contribution in [3.05, 3.63) is 124 Å². The molecular weight excluding hydrogens is 1250 g/mol. The van der Waals surface area contributed by atoms with Crippen LogP contribution >= 0.6 is 11.3 Å². The topological polar surface area (TPSA) is 332 Å². The van der Waals surface area contributed by atoms with Gasteiger partial charge >= 0.3 is 18.2 Å². The molecule has 0 radical (unpaired) electrons. The summed E-state index contributed by atoms with van der Waals surface area (Å²) in [6, 6.07) is 21.2. The van der Waals surface area contributed by atoms with Crippen molar-refractivity contribution in [3.8, 4) is 11.5 Å². The number of hydrogen-bond acceptors (Lipinski definition) is 15. The van der Waals surface area contributed by atoms with Crippen LogP contribution in [0.2, 0.25) is 0 Å². The standard InChI is InChI=1S/C69H81N13O13S/c1-42-39-96-62-56(36-55-49(61(42)62)24-29-81(55)65(89)54-35-44-32-47(18-20-50(44)76-54)74-64(88)53-34-45-33-48(19-21-51(45)75-53)93-31-30-80-26-9-10-27-80)95-68(92)79(5)41-69(2,3)40-78(4)67(91)94-38-43-14-16-46(17-15-43)73-63(87)52(12-11-25-71-66(70)90)77-58(84)37-72-57(83)13-7-6-8-28-82-59(85)22-23-60(82)86/h14-23,32-36,39,52,75-76H,6-13,24-31,37-38,40-41H2,1-5H3,(H,72,83)(H,73,87)(H,74,88)(H,77,84)(H3,70,71,90)/t52-/m0/s1. The highest BCUT2D eigenvalue weighted by Crippen LogP contribution is 2.45. The highest BCUT2D eigenvalue weighted by Gasteiger charge is 2.33. The van der Waals surface area contributed by atoms with Crippen molar-refractivity contribution in [2.45, 2.75) is 91.2 Å². The number of fused-ring (bicyclic) bond motifs is 5. The largest absolute Gasteiger partial charge is 0.492 e. The number of benzene rings is 4. The highest BCUT2D eigenvalue weighted by atomic mass is 32.1. The Hall–Kier alpha value is -10.3. The molecule has 10 rings (SSSR count). The minimum Gasteiger partial charge on any atom is -0.492 e. The molecular formula is C69H81N13O13S. The second-order valence-electron chi connectivity index (χ2n) is 25.3. The van der Waals surface area contributed by atoms with Crippen LogP contribution in [0.4, 0.5) is 31.4 Å². The van der Waals surface area contributed by atoms with Crippen molar-refractivity contribution in [1.82, 2.24) is 45.5 Å². The summed E-state index contributed by atoms with van der Waals surface area (Å²) in [5, 5.41) is 17.9. The van der Waals surface area contributed by atoms with Crippen LogP contribution in [0, 0.1) is 12.3 Å². The second kappa shape index (κ2) is 30.9. The first-order valence-corrected chi connectivity index (χ1v) is 33.0. The van der Waals surface area contributed by atoms with Crippen LogP contribution in [0.1, 0.15) is 103 Å². The number of likely N-dealkylation sites (tertiary alicyclic amines) is 1. The molecule has 3 aromatic heterocycles. The van der Waals surface area contributed by atoms with Gasteiger partial charge in [0.2, 0.25) is 17.7 Å². The number of rotatable bonds is 29. The number of nitrogens with zero attached hydrogens (tertiary/aromatic N) is 5. The molecule has 0 spiro atoms. The van der Waals surface area contributed by atoms with Crippen molar-refractivity contribution in [2.75, 3.05) is 95.1 Å². The number of unbranched alkanes of at least 4 members (excludes halogenated alkanes) is 2. The molecule has 3 aliphatic rings.